The normalized spacial score (nSPS) is 12.0. The molecule has 0 amide bonds. The predicted molar refractivity (Wildman–Crippen MR) is 70.6 cm³/mol. The van der Waals surface area contributed by atoms with E-state index in [9.17, 15) is 10.1 Å². The van der Waals surface area contributed by atoms with Gasteiger partial charge in [-0.15, -0.1) is 0 Å². The van der Waals surface area contributed by atoms with Crippen LogP contribution in [0.2, 0.25) is 0 Å². The number of aryl methyl sites for hydroxylation is 1. The zero-order valence-electron chi connectivity index (χ0n) is 11.4. The van der Waals surface area contributed by atoms with Crippen LogP contribution in [-0.2, 0) is 11.2 Å². The predicted octanol–water partition coefficient (Wildman–Crippen LogP) is 3.09. The number of ketones is 1. The first-order chi connectivity index (χ1) is 8.54. The summed E-state index contributed by atoms with van der Waals surface area (Å²) in [5.41, 5.74) is 1.78. The van der Waals surface area contributed by atoms with Crippen molar-refractivity contribution in [3.05, 3.63) is 29.3 Å². The molecule has 0 spiro atoms. The van der Waals surface area contributed by atoms with Crippen LogP contribution in [0.15, 0.2) is 18.2 Å². The van der Waals surface area contributed by atoms with Gasteiger partial charge in [-0.1, -0.05) is 32.9 Å². The molecular weight excluding hydrogens is 226 g/mol. The lowest BCUT2D eigenvalue weighted by Gasteiger charge is -2.15. The molecule has 0 bridgehead atoms. The Hall–Kier alpha value is -1.82. The number of rotatable bonds is 5. The second kappa shape index (κ2) is 6.20. The van der Waals surface area contributed by atoms with Gasteiger partial charge < -0.3 is 4.74 Å². The average molecular weight is 245 g/mol. The lowest BCUT2D eigenvalue weighted by Crippen LogP contribution is -2.17. The lowest BCUT2D eigenvalue weighted by molar-refractivity contribution is -0.122. The Morgan fingerprint density at radius 2 is 2.11 bits per heavy atom. The van der Waals surface area contributed by atoms with Crippen LogP contribution in [-0.4, -0.2) is 12.9 Å². The maximum atomic E-state index is 12.1. The Balaban J connectivity index is 3.27. The number of nitrogens with zero attached hydrogens (tertiary/aromatic N) is 1. The molecule has 0 radical (unpaired) electrons. The Morgan fingerprint density at radius 3 is 2.56 bits per heavy atom. The molecule has 0 heterocycles. The number of Topliss-reactive ketones (excluding diaryl/α,β-unsaturated/α-hetero) is 1. The third-order valence-corrected chi connectivity index (χ3v) is 3.00. The molecule has 1 aromatic carbocycles. The summed E-state index contributed by atoms with van der Waals surface area (Å²) in [5, 5.41) is 9.26. The first-order valence-corrected chi connectivity index (χ1v) is 6.15. The van der Waals surface area contributed by atoms with Crippen LogP contribution in [0.5, 0.6) is 5.75 Å². The van der Waals surface area contributed by atoms with E-state index in [-0.39, 0.29) is 11.7 Å². The molecule has 3 heteroatoms. The number of benzene rings is 1. The van der Waals surface area contributed by atoms with E-state index < -0.39 is 5.92 Å². The third kappa shape index (κ3) is 2.89. The minimum absolute atomic E-state index is 0.0657. The van der Waals surface area contributed by atoms with Gasteiger partial charge in [-0.25, -0.2) is 0 Å². The summed E-state index contributed by atoms with van der Waals surface area (Å²) in [7, 11) is 1.55. The number of ether oxygens (including phenoxy) is 1. The van der Waals surface area contributed by atoms with Crippen LogP contribution < -0.4 is 4.74 Å². The summed E-state index contributed by atoms with van der Waals surface area (Å²) in [5.74, 6) is -0.368. The van der Waals surface area contributed by atoms with E-state index in [1.165, 1.54) is 0 Å². The van der Waals surface area contributed by atoms with Crippen LogP contribution in [0.1, 0.15) is 37.8 Å². The van der Waals surface area contributed by atoms with E-state index in [1.54, 1.807) is 7.11 Å². The molecule has 0 N–H and O–H groups in total. The number of methoxy groups -OCH3 is 1. The standard InChI is InChI=1S/C15H19NO2/c1-5-11-6-7-14(18-4)12(8-11)13(9-16)15(17)10(2)3/h6-8,10,13H,5H2,1-4H3. The average Bonchev–Trinajstić information content (AvgIpc) is 2.39. The first-order valence-electron chi connectivity index (χ1n) is 6.15. The van der Waals surface area contributed by atoms with Crippen molar-refractivity contribution in [3.8, 4) is 11.8 Å². The molecule has 1 unspecified atom stereocenters. The number of carbonyl (C=O) groups is 1. The molecule has 1 aromatic rings. The largest absolute Gasteiger partial charge is 0.496 e. The second-order valence-corrected chi connectivity index (χ2v) is 4.55. The smallest absolute Gasteiger partial charge is 0.157 e. The fourth-order valence-electron chi connectivity index (χ4n) is 1.85. The van der Waals surface area contributed by atoms with Gasteiger partial charge >= 0.3 is 0 Å². The molecule has 0 saturated carbocycles. The van der Waals surface area contributed by atoms with Crippen molar-refractivity contribution in [2.24, 2.45) is 5.92 Å². The van der Waals surface area contributed by atoms with Crippen molar-refractivity contribution in [3.63, 3.8) is 0 Å². The molecule has 0 saturated heterocycles. The third-order valence-electron chi connectivity index (χ3n) is 3.00. The molecule has 0 aromatic heterocycles. The van der Waals surface area contributed by atoms with Crippen LogP contribution in [0.4, 0.5) is 0 Å². The molecule has 0 aliphatic heterocycles. The minimum atomic E-state index is -0.744. The summed E-state index contributed by atoms with van der Waals surface area (Å²) in [6, 6.07) is 7.77. The van der Waals surface area contributed by atoms with Gasteiger partial charge in [0.1, 0.15) is 11.7 Å². The molecule has 18 heavy (non-hydrogen) atoms. The maximum absolute atomic E-state index is 12.1. The molecule has 1 atom stereocenters. The Morgan fingerprint density at radius 1 is 1.44 bits per heavy atom. The number of carbonyl (C=O) groups excluding carboxylic acids is 1. The van der Waals surface area contributed by atoms with Crippen molar-refractivity contribution in [2.75, 3.05) is 7.11 Å². The van der Waals surface area contributed by atoms with Crippen LogP contribution in [0, 0.1) is 17.2 Å². The molecule has 3 nitrogen and oxygen atoms in total. The summed E-state index contributed by atoms with van der Waals surface area (Å²) in [6.07, 6.45) is 0.866. The SMILES string of the molecule is CCc1ccc(OC)c(C(C#N)C(=O)C(C)C)c1. The van der Waals surface area contributed by atoms with Gasteiger partial charge in [0.25, 0.3) is 0 Å². The minimum Gasteiger partial charge on any atom is -0.496 e. The molecule has 96 valence electrons. The van der Waals surface area contributed by atoms with Crippen LogP contribution in [0.25, 0.3) is 0 Å². The summed E-state index contributed by atoms with van der Waals surface area (Å²) in [4.78, 5) is 12.1. The number of hydrogen-bond donors (Lipinski definition) is 0. The zero-order chi connectivity index (χ0) is 13.7. The second-order valence-electron chi connectivity index (χ2n) is 4.55. The van der Waals surface area contributed by atoms with Crippen LogP contribution >= 0.6 is 0 Å². The maximum Gasteiger partial charge on any atom is 0.157 e. The molecular formula is C15H19NO2. The highest BCUT2D eigenvalue weighted by atomic mass is 16.5. The quantitative estimate of drug-likeness (QED) is 0.801. The van der Waals surface area contributed by atoms with Crippen molar-refractivity contribution in [1.29, 1.82) is 5.26 Å². The van der Waals surface area contributed by atoms with E-state index in [2.05, 4.69) is 6.07 Å². The highest BCUT2D eigenvalue weighted by molar-refractivity contribution is 5.90. The monoisotopic (exact) mass is 245 g/mol. The highest BCUT2D eigenvalue weighted by Crippen LogP contribution is 2.30. The Kier molecular flexibility index (Phi) is 4.91. The van der Waals surface area contributed by atoms with Gasteiger partial charge in [-0.2, -0.15) is 5.26 Å². The summed E-state index contributed by atoms with van der Waals surface area (Å²) in [6.45, 7) is 5.66. The van der Waals surface area contributed by atoms with E-state index in [0.29, 0.717) is 11.3 Å². The topological polar surface area (TPSA) is 50.1 Å². The van der Waals surface area contributed by atoms with Gasteiger partial charge in [0.15, 0.2) is 5.78 Å². The lowest BCUT2D eigenvalue weighted by atomic mass is 9.88. The Labute approximate surface area is 108 Å². The molecule has 1 rings (SSSR count). The molecule has 0 aliphatic carbocycles. The van der Waals surface area contributed by atoms with E-state index in [1.807, 2.05) is 39.0 Å². The molecule has 0 fully saturated rings. The highest BCUT2D eigenvalue weighted by Gasteiger charge is 2.25. The van der Waals surface area contributed by atoms with Gasteiger partial charge in [0, 0.05) is 11.5 Å². The fourth-order valence-corrected chi connectivity index (χ4v) is 1.85. The summed E-state index contributed by atoms with van der Waals surface area (Å²) < 4.78 is 5.25. The van der Waals surface area contributed by atoms with E-state index >= 15 is 0 Å². The number of nitriles is 1. The zero-order valence-corrected chi connectivity index (χ0v) is 11.4. The van der Waals surface area contributed by atoms with Crippen molar-refractivity contribution >= 4 is 5.78 Å². The van der Waals surface area contributed by atoms with Crippen molar-refractivity contribution in [2.45, 2.75) is 33.1 Å². The van der Waals surface area contributed by atoms with E-state index in [4.69, 9.17) is 4.74 Å². The fraction of sp³-hybridized carbons (Fsp3) is 0.467. The van der Waals surface area contributed by atoms with Gasteiger partial charge in [0.2, 0.25) is 0 Å². The van der Waals surface area contributed by atoms with Crippen molar-refractivity contribution < 1.29 is 9.53 Å². The van der Waals surface area contributed by atoms with E-state index in [0.717, 1.165) is 12.0 Å². The first kappa shape index (κ1) is 14.2. The van der Waals surface area contributed by atoms with Gasteiger partial charge in [-0.05, 0) is 18.1 Å². The van der Waals surface area contributed by atoms with Crippen LogP contribution in [0.3, 0.4) is 0 Å². The number of hydrogen-bond acceptors (Lipinski definition) is 3. The van der Waals surface area contributed by atoms with Gasteiger partial charge in [0.05, 0.1) is 13.2 Å². The molecule has 0 aliphatic rings. The Bertz CT molecular complexity index is 472. The van der Waals surface area contributed by atoms with Gasteiger partial charge in [-0.3, -0.25) is 4.79 Å². The van der Waals surface area contributed by atoms with Crippen molar-refractivity contribution in [1.82, 2.24) is 0 Å². The summed E-state index contributed by atoms with van der Waals surface area (Å²) >= 11 is 0.